The molecule has 7 heavy (non-hydrogen) atoms. The average molecular weight is 197 g/mol. The normalized spacial score (nSPS) is 0. The van der Waals surface area contributed by atoms with E-state index in [4.69, 9.17) is 0 Å². The largest absolute Gasteiger partial charge is 1.00 e. The number of rotatable bonds is 0. The molecule has 0 heterocycles. The maximum Gasteiger partial charge on any atom is 0 e. The molecule has 0 aliphatic carbocycles. The molecule has 0 fully saturated rings. The summed E-state index contributed by atoms with van der Waals surface area (Å²) in [5.41, 5.74) is 0. The van der Waals surface area contributed by atoms with E-state index in [1.807, 2.05) is 0 Å². The summed E-state index contributed by atoms with van der Waals surface area (Å²) in [5, 5.41) is 0. The molecule has 0 saturated carbocycles. The van der Waals surface area contributed by atoms with Crippen molar-refractivity contribution in [2.24, 2.45) is 0 Å². The number of hydrogen-bond acceptors (Lipinski definition) is 0. The SMILES string of the molecule is [F-].[F-].[F-].[F-].[F-].[V].[V]. The third-order valence-electron chi connectivity index (χ3n) is 0. The van der Waals surface area contributed by atoms with Crippen molar-refractivity contribution in [2.75, 3.05) is 0 Å². The monoisotopic (exact) mass is 197 g/mol. The summed E-state index contributed by atoms with van der Waals surface area (Å²) in [7, 11) is 0. The molecule has 0 aromatic heterocycles. The molecule has 0 aromatic carbocycles. The van der Waals surface area contributed by atoms with Crippen molar-refractivity contribution in [1.82, 2.24) is 0 Å². The fraction of sp³-hybridized carbons (Fsp3) is 0. The van der Waals surface area contributed by atoms with E-state index in [1.54, 1.807) is 0 Å². The van der Waals surface area contributed by atoms with Crippen LogP contribution in [0, 0.1) is 0 Å². The second kappa shape index (κ2) is 344. The Morgan fingerprint density at radius 1 is 0.286 bits per heavy atom. The zero-order valence-electron chi connectivity index (χ0n) is 2.78. The Morgan fingerprint density at radius 2 is 0.286 bits per heavy atom. The third-order valence-corrected chi connectivity index (χ3v) is 0. The molecule has 2 radical (unpaired) electrons. The molecule has 0 nitrogen and oxygen atoms in total. The van der Waals surface area contributed by atoms with Gasteiger partial charge in [-0.3, -0.25) is 0 Å². The minimum Gasteiger partial charge on any atom is -1.00 e. The van der Waals surface area contributed by atoms with Gasteiger partial charge in [0.15, 0.2) is 0 Å². The number of hydrogen-bond donors (Lipinski definition) is 0. The van der Waals surface area contributed by atoms with Crippen LogP contribution in [-0.2, 0) is 37.1 Å². The quantitative estimate of drug-likeness (QED) is 0.338. The van der Waals surface area contributed by atoms with Crippen molar-refractivity contribution in [3.05, 3.63) is 0 Å². The summed E-state index contributed by atoms with van der Waals surface area (Å²) < 4.78 is 0. The summed E-state index contributed by atoms with van der Waals surface area (Å²) in [6.07, 6.45) is 0. The van der Waals surface area contributed by atoms with Gasteiger partial charge in [-0.1, -0.05) is 0 Å². The maximum atomic E-state index is 0. The van der Waals surface area contributed by atoms with E-state index < -0.39 is 0 Å². The van der Waals surface area contributed by atoms with Gasteiger partial charge in [-0.25, -0.2) is 0 Å². The van der Waals surface area contributed by atoms with Gasteiger partial charge in [0, 0.05) is 37.1 Å². The fourth-order valence-electron chi connectivity index (χ4n) is 0. The average Bonchev–Trinajstić information content (AvgIpc) is 0. The van der Waals surface area contributed by atoms with Crippen molar-refractivity contribution < 1.29 is 60.6 Å². The molecular weight excluding hydrogens is 197 g/mol. The first-order valence-corrected chi connectivity index (χ1v) is 0. The van der Waals surface area contributed by atoms with E-state index >= 15 is 0 Å². The van der Waals surface area contributed by atoms with E-state index in [2.05, 4.69) is 0 Å². The van der Waals surface area contributed by atoms with Crippen LogP contribution in [0.25, 0.3) is 0 Å². The van der Waals surface area contributed by atoms with Gasteiger partial charge < -0.3 is 23.5 Å². The molecule has 0 saturated heterocycles. The van der Waals surface area contributed by atoms with Crippen LogP contribution in [0.15, 0.2) is 0 Å². The molecule has 0 aromatic rings. The fourth-order valence-corrected chi connectivity index (χ4v) is 0. The molecule has 0 aliphatic heterocycles. The van der Waals surface area contributed by atoms with Crippen LogP contribution in [0.3, 0.4) is 0 Å². The molecular formula is F5V2-5. The number of halogens is 5. The first-order chi connectivity index (χ1) is 0. The van der Waals surface area contributed by atoms with Gasteiger partial charge in [-0.05, 0) is 0 Å². The van der Waals surface area contributed by atoms with Crippen molar-refractivity contribution in [2.45, 2.75) is 0 Å². The van der Waals surface area contributed by atoms with E-state index in [9.17, 15) is 0 Å². The Labute approximate surface area is 61.0 Å². The Hall–Kier alpha value is 0.819. The van der Waals surface area contributed by atoms with E-state index in [1.165, 1.54) is 0 Å². The van der Waals surface area contributed by atoms with Crippen molar-refractivity contribution in [3.63, 3.8) is 0 Å². The minimum atomic E-state index is 0. The topological polar surface area (TPSA) is 0 Å². The summed E-state index contributed by atoms with van der Waals surface area (Å²) in [6.45, 7) is 0. The van der Waals surface area contributed by atoms with E-state index in [-0.39, 0.29) is 60.6 Å². The second-order valence-corrected chi connectivity index (χ2v) is 0. The molecule has 0 rings (SSSR count). The standard InChI is InChI=1S/5FH.2V/h5*1H;;/p-5. The van der Waals surface area contributed by atoms with Crippen LogP contribution in [0.1, 0.15) is 0 Å². The van der Waals surface area contributed by atoms with Gasteiger partial charge in [0.1, 0.15) is 0 Å². The van der Waals surface area contributed by atoms with Gasteiger partial charge >= 0.3 is 0 Å². The van der Waals surface area contributed by atoms with Crippen molar-refractivity contribution >= 4 is 0 Å². The molecule has 0 spiro atoms. The van der Waals surface area contributed by atoms with Crippen LogP contribution >= 0.6 is 0 Å². The molecule has 0 amide bonds. The molecule has 0 bridgehead atoms. The van der Waals surface area contributed by atoms with E-state index in [0.29, 0.717) is 0 Å². The van der Waals surface area contributed by atoms with Crippen molar-refractivity contribution in [3.8, 4) is 0 Å². The Bertz CT molecular complexity index is 6.04. The molecule has 0 unspecified atom stereocenters. The van der Waals surface area contributed by atoms with Crippen LogP contribution in [-0.4, -0.2) is 0 Å². The summed E-state index contributed by atoms with van der Waals surface area (Å²) in [5.74, 6) is 0. The van der Waals surface area contributed by atoms with Crippen LogP contribution < -0.4 is 23.5 Å². The zero-order valence-corrected chi connectivity index (χ0v) is 5.58. The van der Waals surface area contributed by atoms with Gasteiger partial charge in [-0.2, -0.15) is 0 Å². The van der Waals surface area contributed by atoms with Gasteiger partial charge in [0.2, 0.25) is 0 Å². The first-order valence-electron chi connectivity index (χ1n) is 0. The van der Waals surface area contributed by atoms with E-state index in [0.717, 1.165) is 0 Å². The van der Waals surface area contributed by atoms with Crippen LogP contribution in [0.4, 0.5) is 0 Å². The predicted molar refractivity (Wildman–Crippen MR) is 0 cm³/mol. The Morgan fingerprint density at radius 3 is 0.286 bits per heavy atom. The second-order valence-electron chi connectivity index (χ2n) is 0. The third kappa shape index (κ3) is 236. The molecule has 0 aliphatic rings. The molecule has 7 heteroatoms. The Kier molecular flexibility index (Phi) is 26700. The van der Waals surface area contributed by atoms with Crippen molar-refractivity contribution in [1.29, 1.82) is 0 Å². The Balaban J connectivity index is 0. The summed E-state index contributed by atoms with van der Waals surface area (Å²) >= 11 is 0. The molecule has 50 valence electrons. The van der Waals surface area contributed by atoms with Gasteiger partial charge in [0.25, 0.3) is 0 Å². The van der Waals surface area contributed by atoms with Gasteiger partial charge in [-0.15, -0.1) is 0 Å². The minimum absolute atomic E-state index is 0. The van der Waals surface area contributed by atoms with Crippen LogP contribution in [0.5, 0.6) is 0 Å². The van der Waals surface area contributed by atoms with Gasteiger partial charge in [0.05, 0.1) is 0 Å². The first kappa shape index (κ1) is 542. The zero-order chi connectivity index (χ0) is 0. The molecule has 0 N–H and O–H groups in total. The smallest absolute Gasteiger partial charge is 0 e. The summed E-state index contributed by atoms with van der Waals surface area (Å²) in [4.78, 5) is 0. The van der Waals surface area contributed by atoms with Crippen LogP contribution in [0.2, 0.25) is 0 Å². The predicted octanol–water partition coefficient (Wildman–Crippen LogP) is -15.0. The maximum absolute atomic E-state index is 0. The molecule has 0 atom stereocenters. The summed E-state index contributed by atoms with van der Waals surface area (Å²) in [6, 6.07) is 0.